The molecule has 152 valence electrons. The smallest absolute Gasteiger partial charge is 0.253 e. The second-order valence-electron chi connectivity index (χ2n) is 7.18. The molecule has 1 atom stereocenters. The van der Waals surface area contributed by atoms with Crippen molar-refractivity contribution in [2.45, 2.75) is 45.3 Å². The van der Waals surface area contributed by atoms with Crippen LogP contribution < -0.4 is 15.6 Å². The van der Waals surface area contributed by atoms with Gasteiger partial charge < -0.3 is 24.7 Å². The Morgan fingerprint density at radius 3 is 3.00 bits per heavy atom. The Hall–Kier alpha value is -2.12. The number of hydrogen-bond acceptors (Lipinski definition) is 4. The minimum absolute atomic E-state index is 0.0913. The Labute approximate surface area is 171 Å². The summed E-state index contributed by atoms with van der Waals surface area (Å²) in [6.45, 7) is 4.92. The molecule has 1 aromatic heterocycles. The number of fused-ring (bicyclic) bond motifs is 1. The predicted octanol–water partition coefficient (Wildman–Crippen LogP) is 3.19. The summed E-state index contributed by atoms with van der Waals surface area (Å²) in [6, 6.07) is 7.56. The van der Waals surface area contributed by atoms with E-state index in [4.69, 9.17) is 21.7 Å². The van der Waals surface area contributed by atoms with Crippen LogP contribution >= 0.6 is 12.2 Å². The fourth-order valence-electron chi connectivity index (χ4n) is 3.42. The Bertz CT molecular complexity index is 862. The van der Waals surface area contributed by atoms with Crippen molar-refractivity contribution in [2.75, 3.05) is 26.8 Å². The van der Waals surface area contributed by atoms with Crippen LogP contribution in [0.1, 0.15) is 38.2 Å². The molecule has 3 rings (SSSR count). The third kappa shape index (κ3) is 5.23. The van der Waals surface area contributed by atoms with Gasteiger partial charge >= 0.3 is 0 Å². The van der Waals surface area contributed by atoms with Gasteiger partial charge in [-0.3, -0.25) is 4.79 Å². The first-order valence-corrected chi connectivity index (χ1v) is 10.4. The summed E-state index contributed by atoms with van der Waals surface area (Å²) in [5.74, 6) is 0.762. The molecule has 0 aliphatic carbocycles. The van der Waals surface area contributed by atoms with Crippen LogP contribution in [0.5, 0.6) is 5.75 Å². The van der Waals surface area contributed by atoms with Crippen LogP contribution in [-0.4, -0.2) is 47.9 Å². The molecule has 1 aromatic carbocycles. The topological polar surface area (TPSA) is 66.6 Å². The lowest BCUT2D eigenvalue weighted by Gasteiger charge is -2.28. The van der Waals surface area contributed by atoms with Gasteiger partial charge in [-0.1, -0.05) is 13.3 Å². The van der Waals surface area contributed by atoms with E-state index in [1.54, 1.807) is 7.11 Å². The zero-order chi connectivity index (χ0) is 19.9. The first kappa shape index (κ1) is 20.6. The molecule has 28 heavy (non-hydrogen) atoms. The van der Waals surface area contributed by atoms with Gasteiger partial charge in [-0.25, -0.2) is 0 Å². The molecule has 0 amide bonds. The second-order valence-corrected chi connectivity index (χ2v) is 7.56. The van der Waals surface area contributed by atoms with Gasteiger partial charge in [0.05, 0.1) is 19.8 Å². The van der Waals surface area contributed by atoms with E-state index in [2.05, 4.69) is 22.1 Å². The standard InChI is InChI=1S/C21H29N3O3S/c1-3-4-9-22-21(28)24(14-18-6-5-10-27-18)13-16-11-15-12-17(26-2)7-8-19(15)23-20(16)25/h7-8,11-12,18H,3-6,9-10,13-14H2,1-2H3,(H,22,28)(H,23,25)/t18-/m0/s1. The van der Waals surface area contributed by atoms with Gasteiger partial charge in [-0.15, -0.1) is 0 Å². The number of aromatic nitrogens is 1. The number of benzene rings is 1. The van der Waals surface area contributed by atoms with E-state index in [1.807, 2.05) is 24.3 Å². The average Bonchev–Trinajstić information content (AvgIpc) is 3.21. The van der Waals surface area contributed by atoms with E-state index in [1.165, 1.54) is 0 Å². The third-order valence-electron chi connectivity index (χ3n) is 5.03. The molecule has 7 heteroatoms. The van der Waals surface area contributed by atoms with Crippen molar-refractivity contribution >= 4 is 28.2 Å². The summed E-state index contributed by atoms with van der Waals surface area (Å²) in [5.41, 5.74) is 1.38. The molecule has 6 nitrogen and oxygen atoms in total. The number of ether oxygens (including phenoxy) is 2. The van der Waals surface area contributed by atoms with E-state index < -0.39 is 0 Å². The molecule has 0 spiro atoms. The zero-order valence-electron chi connectivity index (χ0n) is 16.6. The van der Waals surface area contributed by atoms with E-state index >= 15 is 0 Å². The molecule has 0 radical (unpaired) electrons. The van der Waals surface area contributed by atoms with Gasteiger partial charge in [0.25, 0.3) is 5.56 Å². The molecule has 0 unspecified atom stereocenters. The maximum Gasteiger partial charge on any atom is 0.253 e. The van der Waals surface area contributed by atoms with Crippen LogP contribution in [0.15, 0.2) is 29.1 Å². The van der Waals surface area contributed by atoms with Crippen molar-refractivity contribution in [1.82, 2.24) is 15.2 Å². The monoisotopic (exact) mass is 403 g/mol. The number of nitrogens with one attached hydrogen (secondary N) is 2. The number of nitrogens with zero attached hydrogens (tertiary/aromatic N) is 1. The Balaban J connectivity index is 1.82. The number of aromatic amines is 1. The van der Waals surface area contributed by atoms with Gasteiger partial charge in [0.1, 0.15) is 5.75 Å². The minimum Gasteiger partial charge on any atom is -0.497 e. The summed E-state index contributed by atoms with van der Waals surface area (Å²) in [4.78, 5) is 17.7. The van der Waals surface area contributed by atoms with Gasteiger partial charge in [-0.05, 0) is 55.7 Å². The van der Waals surface area contributed by atoms with E-state index in [-0.39, 0.29) is 11.7 Å². The molecule has 2 N–H and O–H groups in total. The first-order valence-electron chi connectivity index (χ1n) is 9.95. The summed E-state index contributed by atoms with van der Waals surface area (Å²) in [7, 11) is 1.64. The highest BCUT2D eigenvalue weighted by Crippen LogP contribution is 2.20. The van der Waals surface area contributed by atoms with Gasteiger partial charge in [0, 0.05) is 36.2 Å². The number of methoxy groups -OCH3 is 1. The molecule has 0 bridgehead atoms. The second kappa shape index (κ2) is 9.89. The lowest BCUT2D eigenvalue weighted by atomic mass is 10.1. The lowest BCUT2D eigenvalue weighted by molar-refractivity contribution is 0.0897. The first-order chi connectivity index (χ1) is 13.6. The van der Waals surface area contributed by atoms with Crippen molar-refractivity contribution in [3.8, 4) is 5.75 Å². The molecule has 1 aliphatic heterocycles. The van der Waals surface area contributed by atoms with Crippen LogP contribution in [-0.2, 0) is 11.3 Å². The van der Waals surface area contributed by atoms with Crippen molar-refractivity contribution in [3.63, 3.8) is 0 Å². The highest BCUT2D eigenvalue weighted by molar-refractivity contribution is 7.80. The van der Waals surface area contributed by atoms with Crippen molar-refractivity contribution < 1.29 is 9.47 Å². The van der Waals surface area contributed by atoms with E-state index in [0.29, 0.717) is 23.8 Å². The fraction of sp³-hybridized carbons (Fsp3) is 0.524. The molecular weight excluding hydrogens is 374 g/mol. The third-order valence-corrected chi connectivity index (χ3v) is 5.43. The summed E-state index contributed by atoms with van der Waals surface area (Å²) in [6.07, 6.45) is 4.42. The summed E-state index contributed by atoms with van der Waals surface area (Å²) < 4.78 is 11.1. The Morgan fingerprint density at radius 1 is 1.43 bits per heavy atom. The normalized spacial score (nSPS) is 16.3. The quantitative estimate of drug-likeness (QED) is 0.521. The van der Waals surface area contributed by atoms with Crippen LogP contribution in [0.25, 0.3) is 10.9 Å². The van der Waals surface area contributed by atoms with E-state index in [0.717, 1.165) is 55.5 Å². The Morgan fingerprint density at radius 2 is 2.29 bits per heavy atom. The van der Waals surface area contributed by atoms with Gasteiger partial charge in [0.15, 0.2) is 5.11 Å². The predicted molar refractivity (Wildman–Crippen MR) is 116 cm³/mol. The highest BCUT2D eigenvalue weighted by Gasteiger charge is 2.22. The summed E-state index contributed by atoms with van der Waals surface area (Å²) in [5, 5.41) is 4.94. The molecule has 1 aliphatic rings. The molecule has 1 saturated heterocycles. The molecule has 2 heterocycles. The van der Waals surface area contributed by atoms with Crippen LogP contribution in [0.3, 0.4) is 0 Å². The molecule has 1 fully saturated rings. The number of thiocarbonyl (C=S) groups is 1. The molecular formula is C21H29N3O3S. The zero-order valence-corrected chi connectivity index (χ0v) is 17.4. The number of pyridine rings is 1. The molecule has 2 aromatic rings. The van der Waals surface area contributed by atoms with Crippen LogP contribution in [0.2, 0.25) is 0 Å². The summed E-state index contributed by atoms with van der Waals surface area (Å²) >= 11 is 5.63. The largest absolute Gasteiger partial charge is 0.497 e. The highest BCUT2D eigenvalue weighted by atomic mass is 32.1. The van der Waals surface area contributed by atoms with Crippen LogP contribution in [0, 0.1) is 0 Å². The number of hydrogen-bond donors (Lipinski definition) is 2. The maximum absolute atomic E-state index is 12.6. The lowest BCUT2D eigenvalue weighted by Crippen LogP contribution is -2.44. The average molecular weight is 404 g/mol. The molecule has 0 saturated carbocycles. The maximum atomic E-state index is 12.6. The number of rotatable bonds is 8. The number of H-pyrrole nitrogens is 1. The van der Waals surface area contributed by atoms with E-state index in [9.17, 15) is 4.79 Å². The number of unbranched alkanes of at least 4 members (excludes halogenated alkanes) is 1. The minimum atomic E-state index is -0.0913. The Kier molecular flexibility index (Phi) is 7.28. The fourth-order valence-corrected chi connectivity index (χ4v) is 3.66. The van der Waals surface area contributed by atoms with Crippen molar-refractivity contribution in [2.24, 2.45) is 0 Å². The van der Waals surface area contributed by atoms with Crippen LogP contribution in [0.4, 0.5) is 0 Å². The SMILES string of the molecule is CCCCNC(=S)N(Cc1cc2cc(OC)ccc2[nH]c1=O)C[C@@H]1CCCO1. The van der Waals surface area contributed by atoms with Crippen molar-refractivity contribution in [3.05, 3.63) is 40.2 Å². The van der Waals surface area contributed by atoms with Crippen molar-refractivity contribution in [1.29, 1.82) is 0 Å². The van der Waals surface area contributed by atoms with Gasteiger partial charge in [0.2, 0.25) is 0 Å². The van der Waals surface area contributed by atoms with Gasteiger partial charge in [-0.2, -0.15) is 0 Å².